The van der Waals surface area contributed by atoms with Crippen molar-refractivity contribution in [2.75, 3.05) is 6.54 Å². The molecule has 26 heavy (non-hydrogen) atoms. The van der Waals surface area contributed by atoms with Gasteiger partial charge < -0.3 is 0 Å². The molecule has 1 aromatic heterocycles. The predicted octanol–water partition coefficient (Wildman–Crippen LogP) is 4.06. The Morgan fingerprint density at radius 3 is 2.31 bits per heavy atom. The van der Waals surface area contributed by atoms with Crippen molar-refractivity contribution in [1.82, 2.24) is 8.87 Å². The van der Waals surface area contributed by atoms with Gasteiger partial charge in [-0.05, 0) is 49.2 Å². The van der Waals surface area contributed by atoms with Crippen LogP contribution >= 0.6 is 0 Å². The van der Waals surface area contributed by atoms with E-state index in [2.05, 4.69) is 17.0 Å². The topological polar surface area (TPSA) is 42.3 Å². The van der Waals surface area contributed by atoms with E-state index in [1.807, 2.05) is 36.4 Å². The van der Waals surface area contributed by atoms with Crippen LogP contribution in [-0.4, -0.2) is 23.8 Å². The summed E-state index contributed by atoms with van der Waals surface area (Å²) in [6.07, 6.45) is 3.71. The first-order valence-electron chi connectivity index (χ1n) is 8.92. The van der Waals surface area contributed by atoms with Crippen LogP contribution in [0.2, 0.25) is 0 Å². The molecule has 2 heterocycles. The van der Waals surface area contributed by atoms with Crippen molar-refractivity contribution in [2.24, 2.45) is 0 Å². The van der Waals surface area contributed by atoms with Gasteiger partial charge in [0.2, 0.25) is 0 Å². The number of aromatic nitrogens is 1. The molecule has 4 nitrogen and oxygen atoms in total. The van der Waals surface area contributed by atoms with Crippen LogP contribution in [0.15, 0.2) is 83.9 Å². The fraction of sp³-hybridized carbons (Fsp3) is 0.238. The lowest BCUT2D eigenvalue weighted by Gasteiger charge is -2.26. The number of hydrogen-bond donors (Lipinski definition) is 0. The van der Waals surface area contributed by atoms with E-state index in [0.717, 1.165) is 31.6 Å². The maximum atomic E-state index is 13.1. The summed E-state index contributed by atoms with van der Waals surface area (Å²) in [5, 5.41) is 0. The van der Waals surface area contributed by atoms with Gasteiger partial charge >= 0.3 is 0 Å². The molecular formula is C21H22N2O2S. The molecule has 0 amide bonds. The molecule has 1 atom stereocenters. The largest absolute Gasteiger partial charge is 0.291 e. The minimum absolute atomic E-state index is 0.115. The van der Waals surface area contributed by atoms with Crippen molar-refractivity contribution in [3.63, 3.8) is 0 Å². The lowest BCUT2D eigenvalue weighted by molar-refractivity contribution is 0.243. The maximum Gasteiger partial charge on any atom is 0.267 e. The molecule has 0 radical (unpaired) electrons. The van der Waals surface area contributed by atoms with Crippen molar-refractivity contribution in [3.05, 3.63) is 90.3 Å². The van der Waals surface area contributed by atoms with E-state index in [9.17, 15) is 8.42 Å². The van der Waals surface area contributed by atoms with E-state index in [1.165, 1.54) is 9.54 Å². The van der Waals surface area contributed by atoms with Crippen LogP contribution in [0.4, 0.5) is 0 Å². The zero-order valence-electron chi connectivity index (χ0n) is 14.5. The predicted molar refractivity (Wildman–Crippen MR) is 102 cm³/mol. The summed E-state index contributed by atoms with van der Waals surface area (Å²) in [7, 11) is -3.57. The monoisotopic (exact) mass is 366 g/mol. The molecule has 0 saturated carbocycles. The Balaban J connectivity index is 1.66. The first kappa shape index (κ1) is 17.1. The standard InChI is InChI=1S/C21H22N2O2S/c24-26(25,19-11-5-2-6-12-19)23-16-8-14-21(23)20-13-7-15-22(20)17-18-9-3-1-4-10-18/h1-6,8-12,14,16,20H,7,13,15,17H2. The third-order valence-electron chi connectivity index (χ3n) is 4.98. The quantitative estimate of drug-likeness (QED) is 0.684. The molecule has 1 fully saturated rings. The zero-order chi connectivity index (χ0) is 18.0. The van der Waals surface area contributed by atoms with Gasteiger partial charge in [0.05, 0.1) is 16.6 Å². The van der Waals surface area contributed by atoms with E-state index in [0.29, 0.717) is 4.90 Å². The molecule has 1 aliphatic heterocycles. The Labute approximate surface area is 154 Å². The molecule has 2 aromatic carbocycles. The zero-order valence-corrected chi connectivity index (χ0v) is 15.3. The maximum absolute atomic E-state index is 13.1. The van der Waals surface area contributed by atoms with Crippen LogP contribution in [0, 0.1) is 0 Å². The van der Waals surface area contributed by atoms with Crippen LogP contribution in [0.5, 0.6) is 0 Å². The van der Waals surface area contributed by atoms with Crippen molar-refractivity contribution in [1.29, 1.82) is 0 Å². The Morgan fingerprint density at radius 2 is 1.58 bits per heavy atom. The molecule has 4 rings (SSSR count). The number of rotatable bonds is 5. The smallest absolute Gasteiger partial charge is 0.267 e. The van der Waals surface area contributed by atoms with Crippen LogP contribution in [0.25, 0.3) is 0 Å². The Hall–Kier alpha value is -2.37. The summed E-state index contributed by atoms with van der Waals surface area (Å²) in [4.78, 5) is 2.70. The van der Waals surface area contributed by atoms with Gasteiger partial charge in [-0.15, -0.1) is 0 Å². The number of likely N-dealkylation sites (tertiary alicyclic amines) is 1. The molecule has 134 valence electrons. The number of hydrogen-bond acceptors (Lipinski definition) is 3. The first-order valence-corrected chi connectivity index (χ1v) is 10.4. The average Bonchev–Trinajstić information content (AvgIpc) is 3.32. The van der Waals surface area contributed by atoms with Gasteiger partial charge in [-0.2, -0.15) is 0 Å². The molecular weight excluding hydrogens is 344 g/mol. The third kappa shape index (κ3) is 3.20. The lowest BCUT2D eigenvalue weighted by Crippen LogP contribution is -2.26. The van der Waals surface area contributed by atoms with E-state index < -0.39 is 10.0 Å². The van der Waals surface area contributed by atoms with Crippen LogP contribution in [0.3, 0.4) is 0 Å². The highest BCUT2D eigenvalue weighted by molar-refractivity contribution is 7.90. The highest BCUT2D eigenvalue weighted by atomic mass is 32.2. The van der Waals surface area contributed by atoms with Gasteiger partial charge in [0.15, 0.2) is 0 Å². The van der Waals surface area contributed by atoms with Gasteiger partial charge in [-0.25, -0.2) is 12.4 Å². The summed E-state index contributed by atoms with van der Waals surface area (Å²) in [6, 6.07) is 22.9. The highest BCUT2D eigenvalue weighted by Gasteiger charge is 2.31. The summed E-state index contributed by atoms with van der Waals surface area (Å²) in [6.45, 7) is 1.82. The van der Waals surface area contributed by atoms with E-state index in [-0.39, 0.29) is 6.04 Å². The van der Waals surface area contributed by atoms with Gasteiger partial charge in [-0.3, -0.25) is 4.90 Å². The molecule has 0 bridgehead atoms. The second-order valence-electron chi connectivity index (χ2n) is 6.66. The van der Waals surface area contributed by atoms with Gasteiger partial charge in [0.25, 0.3) is 10.0 Å². The summed E-state index contributed by atoms with van der Waals surface area (Å²) in [5.41, 5.74) is 2.10. The fourth-order valence-corrected chi connectivity index (χ4v) is 5.15. The molecule has 5 heteroatoms. The summed E-state index contributed by atoms with van der Waals surface area (Å²) in [5.74, 6) is 0. The van der Waals surface area contributed by atoms with Gasteiger partial charge in [0, 0.05) is 12.7 Å². The Kier molecular flexibility index (Phi) is 4.66. The van der Waals surface area contributed by atoms with E-state index >= 15 is 0 Å². The molecule has 0 aliphatic carbocycles. The Bertz CT molecular complexity index is 966. The van der Waals surface area contributed by atoms with Gasteiger partial charge in [0.1, 0.15) is 0 Å². The van der Waals surface area contributed by atoms with Crippen LogP contribution < -0.4 is 0 Å². The molecule has 1 saturated heterocycles. The third-order valence-corrected chi connectivity index (χ3v) is 6.69. The molecule has 1 aliphatic rings. The van der Waals surface area contributed by atoms with Crippen molar-refractivity contribution >= 4 is 10.0 Å². The number of nitrogens with zero attached hydrogens (tertiary/aromatic N) is 2. The van der Waals surface area contributed by atoms with E-state index in [1.54, 1.807) is 30.5 Å². The second-order valence-corrected chi connectivity index (χ2v) is 8.48. The fourth-order valence-electron chi connectivity index (χ4n) is 3.73. The Morgan fingerprint density at radius 1 is 0.885 bits per heavy atom. The summed E-state index contributed by atoms with van der Waals surface area (Å²) < 4.78 is 27.6. The van der Waals surface area contributed by atoms with Crippen LogP contribution in [0.1, 0.15) is 30.1 Å². The average molecular weight is 366 g/mol. The summed E-state index contributed by atoms with van der Waals surface area (Å²) >= 11 is 0. The van der Waals surface area contributed by atoms with E-state index in [4.69, 9.17) is 0 Å². The van der Waals surface area contributed by atoms with Crippen molar-refractivity contribution in [2.45, 2.75) is 30.3 Å². The first-order chi connectivity index (χ1) is 12.7. The number of benzene rings is 2. The minimum atomic E-state index is -3.57. The highest BCUT2D eigenvalue weighted by Crippen LogP contribution is 2.34. The SMILES string of the molecule is O=S(=O)(c1ccccc1)n1cccc1C1CCCN1Cc1ccccc1. The minimum Gasteiger partial charge on any atom is -0.291 e. The molecule has 1 unspecified atom stereocenters. The normalized spacial score (nSPS) is 18.2. The second kappa shape index (κ2) is 7.09. The lowest BCUT2D eigenvalue weighted by atomic mass is 10.1. The molecule has 0 N–H and O–H groups in total. The molecule has 3 aromatic rings. The van der Waals surface area contributed by atoms with Gasteiger partial charge in [-0.1, -0.05) is 48.5 Å². The van der Waals surface area contributed by atoms with Crippen molar-refractivity contribution < 1.29 is 8.42 Å². The van der Waals surface area contributed by atoms with Crippen molar-refractivity contribution in [3.8, 4) is 0 Å². The van der Waals surface area contributed by atoms with Crippen LogP contribution in [-0.2, 0) is 16.6 Å². The molecule has 0 spiro atoms.